The molecule has 1 atom stereocenters. The Balaban J connectivity index is 2.29. The number of nitro benzene ring substituents is 1. The summed E-state index contributed by atoms with van der Waals surface area (Å²) in [5.41, 5.74) is 1.68. The van der Waals surface area contributed by atoms with Crippen LogP contribution in [0, 0.1) is 22.9 Å². The monoisotopic (exact) mass is 352 g/mol. The number of aryl methyl sites for hydroxylation is 1. The Morgan fingerprint density at radius 1 is 1.29 bits per heavy atom. The molecule has 1 unspecified atom stereocenters. The van der Waals surface area contributed by atoms with E-state index >= 15 is 0 Å². The third kappa shape index (κ3) is 3.58. The first-order valence-corrected chi connectivity index (χ1v) is 7.14. The van der Waals surface area contributed by atoms with E-state index in [2.05, 4.69) is 21.2 Å². The molecule has 0 amide bonds. The van der Waals surface area contributed by atoms with Gasteiger partial charge >= 0.3 is 0 Å². The second-order valence-electron chi connectivity index (χ2n) is 4.79. The van der Waals surface area contributed by atoms with Gasteiger partial charge < -0.3 is 5.32 Å². The van der Waals surface area contributed by atoms with E-state index in [1.54, 1.807) is 31.2 Å². The van der Waals surface area contributed by atoms with E-state index in [9.17, 15) is 14.5 Å². The van der Waals surface area contributed by atoms with Crippen LogP contribution in [0.3, 0.4) is 0 Å². The third-order valence-corrected chi connectivity index (χ3v) is 3.72. The molecule has 1 N–H and O–H groups in total. The van der Waals surface area contributed by atoms with Gasteiger partial charge in [0.25, 0.3) is 5.69 Å². The van der Waals surface area contributed by atoms with Crippen molar-refractivity contribution in [1.29, 1.82) is 0 Å². The molecular weight excluding hydrogens is 339 g/mol. The highest BCUT2D eigenvalue weighted by atomic mass is 79.9. The molecule has 0 spiro atoms. The Bertz CT molecular complexity index is 691. The number of anilines is 1. The molecule has 21 heavy (non-hydrogen) atoms. The molecule has 4 nitrogen and oxygen atoms in total. The lowest BCUT2D eigenvalue weighted by molar-refractivity contribution is -0.384. The average molecular weight is 353 g/mol. The summed E-state index contributed by atoms with van der Waals surface area (Å²) < 4.78 is 14.2. The van der Waals surface area contributed by atoms with Crippen molar-refractivity contribution >= 4 is 27.3 Å². The number of hydrogen-bond acceptors (Lipinski definition) is 3. The highest BCUT2D eigenvalue weighted by Crippen LogP contribution is 2.31. The molecule has 0 aromatic heterocycles. The zero-order chi connectivity index (χ0) is 15.6. The van der Waals surface area contributed by atoms with Crippen molar-refractivity contribution in [3.8, 4) is 0 Å². The largest absolute Gasteiger partial charge is 0.373 e. The van der Waals surface area contributed by atoms with Crippen LogP contribution in [-0.2, 0) is 0 Å². The number of rotatable bonds is 4. The highest BCUT2D eigenvalue weighted by molar-refractivity contribution is 9.10. The molecule has 0 fully saturated rings. The van der Waals surface area contributed by atoms with Gasteiger partial charge in [-0.15, -0.1) is 0 Å². The van der Waals surface area contributed by atoms with E-state index in [1.807, 2.05) is 6.92 Å². The quantitative estimate of drug-likeness (QED) is 0.623. The maximum absolute atomic E-state index is 13.6. The smallest absolute Gasteiger partial charge is 0.293 e. The van der Waals surface area contributed by atoms with E-state index in [4.69, 9.17) is 0 Å². The summed E-state index contributed by atoms with van der Waals surface area (Å²) in [4.78, 5) is 10.6. The summed E-state index contributed by atoms with van der Waals surface area (Å²) in [6.45, 7) is 3.52. The highest BCUT2D eigenvalue weighted by Gasteiger charge is 2.17. The molecule has 0 heterocycles. The van der Waals surface area contributed by atoms with Gasteiger partial charge in [0.2, 0.25) is 0 Å². The molecule has 110 valence electrons. The Hall–Kier alpha value is -1.95. The van der Waals surface area contributed by atoms with Crippen LogP contribution < -0.4 is 5.32 Å². The van der Waals surface area contributed by atoms with Crippen LogP contribution in [0.4, 0.5) is 15.8 Å². The van der Waals surface area contributed by atoms with E-state index in [0.29, 0.717) is 15.7 Å². The normalized spacial score (nSPS) is 12.0. The number of nitro groups is 1. The van der Waals surface area contributed by atoms with Crippen molar-refractivity contribution in [3.63, 3.8) is 0 Å². The van der Waals surface area contributed by atoms with Gasteiger partial charge in [-0.2, -0.15) is 0 Å². The van der Waals surface area contributed by atoms with Gasteiger partial charge in [-0.05, 0) is 43.2 Å². The van der Waals surface area contributed by atoms with Gasteiger partial charge in [0.05, 0.1) is 4.92 Å². The van der Waals surface area contributed by atoms with E-state index < -0.39 is 4.92 Å². The second-order valence-corrected chi connectivity index (χ2v) is 5.71. The predicted octanol–water partition coefficient (Wildman–Crippen LogP) is 4.98. The van der Waals surface area contributed by atoms with Gasteiger partial charge in [0.1, 0.15) is 11.5 Å². The topological polar surface area (TPSA) is 55.2 Å². The lowest BCUT2D eigenvalue weighted by Gasteiger charge is -2.16. The summed E-state index contributed by atoms with van der Waals surface area (Å²) in [7, 11) is 0. The van der Waals surface area contributed by atoms with Crippen LogP contribution >= 0.6 is 15.9 Å². The number of benzene rings is 2. The SMILES string of the molecule is Cc1ccc(C(C)Nc2ccc(Br)cc2[N+](=O)[O-])cc1F. The fourth-order valence-corrected chi connectivity index (χ4v) is 2.32. The zero-order valence-corrected chi connectivity index (χ0v) is 13.1. The molecule has 6 heteroatoms. The molecule has 0 saturated carbocycles. The van der Waals surface area contributed by atoms with Gasteiger partial charge in [0, 0.05) is 16.6 Å². The molecule has 2 aromatic carbocycles. The lowest BCUT2D eigenvalue weighted by atomic mass is 10.1. The molecule has 0 bridgehead atoms. The number of hydrogen-bond donors (Lipinski definition) is 1. The lowest BCUT2D eigenvalue weighted by Crippen LogP contribution is -2.09. The molecule has 0 aliphatic carbocycles. The number of halogens is 2. The van der Waals surface area contributed by atoms with Crippen LogP contribution in [0.15, 0.2) is 40.9 Å². The average Bonchev–Trinajstić information content (AvgIpc) is 2.43. The third-order valence-electron chi connectivity index (χ3n) is 3.22. The fraction of sp³-hybridized carbons (Fsp3) is 0.200. The van der Waals surface area contributed by atoms with E-state index in [0.717, 1.165) is 5.56 Å². The second kappa shape index (κ2) is 6.22. The Kier molecular flexibility index (Phi) is 4.57. The van der Waals surface area contributed by atoms with Crippen LogP contribution in [0.2, 0.25) is 0 Å². The molecular formula is C15H14BrFN2O2. The minimum Gasteiger partial charge on any atom is -0.373 e. The van der Waals surface area contributed by atoms with Gasteiger partial charge in [-0.25, -0.2) is 4.39 Å². The zero-order valence-electron chi connectivity index (χ0n) is 11.6. The van der Waals surface area contributed by atoms with Gasteiger partial charge in [-0.1, -0.05) is 28.1 Å². The summed E-state index contributed by atoms with van der Waals surface area (Å²) in [5, 5.41) is 14.1. The van der Waals surface area contributed by atoms with Crippen molar-refractivity contribution in [2.45, 2.75) is 19.9 Å². The van der Waals surface area contributed by atoms with E-state index in [-0.39, 0.29) is 17.5 Å². The molecule has 0 aliphatic rings. The van der Waals surface area contributed by atoms with Crippen molar-refractivity contribution in [1.82, 2.24) is 0 Å². The Labute approximate surface area is 130 Å². The van der Waals surface area contributed by atoms with Crippen molar-refractivity contribution < 1.29 is 9.31 Å². The minimum atomic E-state index is -0.449. The standard InChI is InChI=1S/C15H14BrFN2O2/c1-9-3-4-11(7-13(9)17)10(2)18-14-6-5-12(16)8-15(14)19(20)21/h3-8,10,18H,1-2H3. The van der Waals surface area contributed by atoms with Crippen LogP contribution in [0.1, 0.15) is 24.1 Å². The van der Waals surface area contributed by atoms with E-state index in [1.165, 1.54) is 12.1 Å². The van der Waals surface area contributed by atoms with Crippen molar-refractivity contribution in [2.75, 3.05) is 5.32 Å². The molecule has 0 aliphatic heterocycles. The first-order chi connectivity index (χ1) is 9.88. The van der Waals surface area contributed by atoms with Crippen molar-refractivity contribution in [3.05, 3.63) is 67.9 Å². The van der Waals surface area contributed by atoms with Gasteiger partial charge in [0.15, 0.2) is 0 Å². The van der Waals surface area contributed by atoms with Crippen LogP contribution in [0.5, 0.6) is 0 Å². The summed E-state index contributed by atoms with van der Waals surface area (Å²) in [6.07, 6.45) is 0. The fourth-order valence-electron chi connectivity index (χ4n) is 1.97. The molecule has 0 radical (unpaired) electrons. The number of nitrogens with one attached hydrogen (secondary N) is 1. The first kappa shape index (κ1) is 15.4. The molecule has 2 aromatic rings. The van der Waals surface area contributed by atoms with Crippen LogP contribution in [0.25, 0.3) is 0 Å². The Morgan fingerprint density at radius 3 is 2.62 bits per heavy atom. The van der Waals surface area contributed by atoms with Gasteiger partial charge in [-0.3, -0.25) is 10.1 Å². The summed E-state index contributed by atoms with van der Waals surface area (Å²) in [5.74, 6) is -0.286. The van der Waals surface area contributed by atoms with Crippen molar-refractivity contribution in [2.24, 2.45) is 0 Å². The maximum Gasteiger partial charge on any atom is 0.293 e. The first-order valence-electron chi connectivity index (χ1n) is 6.35. The Morgan fingerprint density at radius 2 is 2.00 bits per heavy atom. The predicted molar refractivity (Wildman–Crippen MR) is 84.0 cm³/mol. The van der Waals surface area contributed by atoms with Crippen LogP contribution in [-0.4, -0.2) is 4.92 Å². The molecule has 2 rings (SSSR count). The number of nitrogens with zero attached hydrogens (tertiary/aromatic N) is 1. The summed E-state index contributed by atoms with van der Waals surface area (Å²) >= 11 is 3.21. The minimum absolute atomic E-state index is 0.0243. The molecule has 0 saturated heterocycles. The maximum atomic E-state index is 13.6. The summed E-state index contributed by atoms with van der Waals surface area (Å²) in [6, 6.07) is 9.48.